The molecule has 1 aromatic heterocycles. The number of aryl methyl sites for hydroxylation is 1. The number of benzene rings is 1. The van der Waals surface area contributed by atoms with Crippen molar-refractivity contribution < 1.29 is 4.79 Å². The normalized spacial score (nSPS) is 36.0. The van der Waals surface area contributed by atoms with Gasteiger partial charge in [0.2, 0.25) is 0 Å². The maximum absolute atomic E-state index is 13.1. The van der Waals surface area contributed by atoms with Gasteiger partial charge in [-0.05, 0) is 68.4 Å². The topological polar surface area (TPSA) is 34.4 Å². The van der Waals surface area contributed by atoms with E-state index in [9.17, 15) is 4.79 Å². The number of nitrogens with zero attached hydrogens (tertiary/aromatic N) is 2. The highest BCUT2D eigenvalue weighted by molar-refractivity contribution is 7.16. The molecule has 23 heavy (non-hydrogen) atoms. The number of para-hydroxylation sites is 1. The lowest BCUT2D eigenvalue weighted by Crippen LogP contribution is -2.49. The van der Waals surface area contributed by atoms with E-state index >= 15 is 0 Å². The highest BCUT2D eigenvalue weighted by atomic mass is 32.1. The molecular weight excluding hydrogens is 304 g/mol. The van der Waals surface area contributed by atoms with Crippen molar-refractivity contribution in [2.75, 3.05) is 0 Å². The Morgan fingerprint density at radius 3 is 2.35 bits per heavy atom. The Bertz CT molecular complexity index is 824. The van der Waals surface area contributed by atoms with Gasteiger partial charge in [-0.2, -0.15) is 4.99 Å². The molecule has 0 N–H and O–H groups in total. The molecule has 1 aromatic carbocycles. The van der Waals surface area contributed by atoms with E-state index in [1.54, 1.807) is 11.3 Å². The fourth-order valence-electron chi connectivity index (χ4n) is 5.77. The smallest absolute Gasteiger partial charge is 0.254 e. The number of rotatable bonds is 1. The first-order valence-corrected chi connectivity index (χ1v) is 9.58. The lowest BCUT2D eigenvalue weighted by molar-refractivity contribution is -0.142. The standard InChI is InChI=1S/C19H22N2OS/c1-21-15-4-2-3-5-16(15)23-18(21)20-17(22)19-9-12-6-13(10-19)8-14(7-12)11-19/h2-5,12-14H,6-11H2,1H3/b20-18-. The van der Waals surface area contributed by atoms with Crippen LogP contribution in [-0.2, 0) is 11.8 Å². The summed E-state index contributed by atoms with van der Waals surface area (Å²) in [6.45, 7) is 0. The summed E-state index contributed by atoms with van der Waals surface area (Å²) in [5, 5.41) is 0. The highest BCUT2D eigenvalue weighted by Crippen LogP contribution is 2.60. The molecule has 2 aromatic rings. The fourth-order valence-corrected chi connectivity index (χ4v) is 6.78. The van der Waals surface area contributed by atoms with E-state index in [1.807, 2.05) is 19.2 Å². The van der Waals surface area contributed by atoms with E-state index in [1.165, 1.54) is 24.0 Å². The van der Waals surface area contributed by atoms with Crippen LogP contribution in [0.15, 0.2) is 29.3 Å². The van der Waals surface area contributed by atoms with E-state index in [0.29, 0.717) is 0 Å². The van der Waals surface area contributed by atoms with Crippen LogP contribution in [0.4, 0.5) is 0 Å². The molecule has 0 saturated heterocycles. The number of fused-ring (bicyclic) bond motifs is 1. The Morgan fingerprint density at radius 2 is 1.74 bits per heavy atom. The van der Waals surface area contributed by atoms with Gasteiger partial charge < -0.3 is 4.57 Å². The van der Waals surface area contributed by atoms with E-state index < -0.39 is 0 Å². The molecule has 0 radical (unpaired) electrons. The third-order valence-electron chi connectivity index (χ3n) is 6.40. The van der Waals surface area contributed by atoms with Crippen molar-refractivity contribution in [2.24, 2.45) is 35.2 Å². The third kappa shape index (κ3) is 2.07. The van der Waals surface area contributed by atoms with Crippen molar-refractivity contribution >= 4 is 27.5 Å². The van der Waals surface area contributed by atoms with Crippen molar-refractivity contribution in [2.45, 2.75) is 38.5 Å². The Morgan fingerprint density at radius 1 is 1.13 bits per heavy atom. The average Bonchev–Trinajstić information content (AvgIpc) is 2.83. The monoisotopic (exact) mass is 326 g/mol. The lowest BCUT2D eigenvalue weighted by atomic mass is 9.49. The van der Waals surface area contributed by atoms with Crippen molar-refractivity contribution in [1.29, 1.82) is 0 Å². The number of amides is 1. The van der Waals surface area contributed by atoms with Gasteiger partial charge in [-0.1, -0.05) is 23.5 Å². The van der Waals surface area contributed by atoms with Crippen molar-refractivity contribution in [3.05, 3.63) is 29.1 Å². The maximum atomic E-state index is 13.1. The molecule has 1 heterocycles. The molecule has 120 valence electrons. The van der Waals surface area contributed by atoms with Crippen LogP contribution in [0.3, 0.4) is 0 Å². The molecule has 4 bridgehead atoms. The summed E-state index contributed by atoms with van der Waals surface area (Å²) in [6, 6.07) is 8.29. The van der Waals surface area contributed by atoms with E-state index in [4.69, 9.17) is 0 Å². The zero-order chi connectivity index (χ0) is 15.6. The highest BCUT2D eigenvalue weighted by Gasteiger charge is 2.54. The quantitative estimate of drug-likeness (QED) is 0.783. The second-order valence-electron chi connectivity index (χ2n) is 8.03. The predicted octanol–water partition coefficient (Wildman–Crippen LogP) is 3.88. The molecule has 0 unspecified atom stereocenters. The summed E-state index contributed by atoms with van der Waals surface area (Å²) in [5.74, 6) is 2.53. The Kier molecular flexibility index (Phi) is 2.91. The first-order chi connectivity index (χ1) is 11.1. The molecular formula is C19H22N2OS. The van der Waals surface area contributed by atoms with Crippen molar-refractivity contribution in [3.8, 4) is 0 Å². The van der Waals surface area contributed by atoms with Gasteiger partial charge in [0, 0.05) is 7.05 Å². The minimum absolute atomic E-state index is 0.127. The van der Waals surface area contributed by atoms with Crippen LogP contribution >= 0.6 is 11.3 Å². The molecule has 4 saturated carbocycles. The largest absolute Gasteiger partial charge is 0.319 e. The van der Waals surface area contributed by atoms with Crippen LogP contribution < -0.4 is 4.80 Å². The fraction of sp³-hybridized carbons (Fsp3) is 0.579. The molecule has 4 heteroatoms. The van der Waals surface area contributed by atoms with Crippen LogP contribution in [0.25, 0.3) is 10.2 Å². The molecule has 0 spiro atoms. The van der Waals surface area contributed by atoms with Crippen LogP contribution in [0.2, 0.25) is 0 Å². The summed E-state index contributed by atoms with van der Waals surface area (Å²) < 4.78 is 3.27. The zero-order valence-electron chi connectivity index (χ0n) is 13.5. The number of hydrogen-bond donors (Lipinski definition) is 0. The summed E-state index contributed by atoms with van der Waals surface area (Å²) >= 11 is 1.63. The first-order valence-electron chi connectivity index (χ1n) is 8.77. The Labute approximate surface area is 140 Å². The summed E-state index contributed by atoms with van der Waals surface area (Å²) in [6.07, 6.45) is 7.37. The zero-order valence-corrected chi connectivity index (χ0v) is 14.3. The van der Waals surface area contributed by atoms with Crippen molar-refractivity contribution in [3.63, 3.8) is 0 Å². The average molecular weight is 326 g/mol. The van der Waals surface area contributed by atoms with Gasteiger partial charge in [0.05, 0.1) is 15.6 Å². The van der Waals surface area contributed by atoms with Crippen LogP contribution in [0, 0.1) is 23.2 Å². The van der Waals surface area contributed by atoms with Gasteiger partial charge in [0.1, 0.15) is 0 Å². The van der Waals surface area contributed by atoms with Gasteiger partial charge in [-0.25, -0.2) is 0 Å². The van der Waals surface area contributed by atoms with Gasteiger partial charge >= 0.3 is 0 Å². The molecule has 3 nitrogen and oxygen atoms in total. The Balaban J connectivity index is 1.56. The molecule has 4 aliphatic rings. The number of aromatic nitrogens is 1. The SMILES string of the molecule is Cn1/c(=N/C(=O)C23CC4CC(CC(C4)C2)C3)sc2ccccc21. The minimum atomic E-state index is -0.127. The number of thiazole rings is 1. The molecule has 4 fully saturated rings. The van der Waals surface area contributed by atoms with Gasteiger partial charge in [-0.3, -0.25) is 4.79 Å². The summed E-state index contributed by atoms with van der Waals surface area (Å²) in [7, 11) is 2.02. The van der Waals surface area contributed by atoms with Crippen molar-refractivity contribution in [1.82, 2.24) is 4.57 Å². The van der Waals surface area contributed by atoms with Crippen LogP contribution in [0.5, 0.6) is 0 Å². The Hall–Kier alpha value is -1.42. The van der Waals surface area contributed by atoms with E-state index in [-0.39, 0.29) is 11.3 Å². The second-order valence-corrected chi connectivity index (χ2v) is 9.04. The second kappa shape index (κ2) is 4.79. The van der Waals surface area contributed by atoms with Gasteiger partial charge in [0.15, 0.2) is 4.80 Å². The molecule has 4 aliphatic carbocycles. The van der Waals surface area contributed by atoms with Crippen LogP contribution in [0.1, 0.15) is 38.5 Å². The summed E-state index contributed by atoms with van der Waals surface area (Å²) in [5.41, 5.74) is 1.03. The predicted molar refractivity (Wildman–Crippen MR) is 92.0 cm³/mol. The third-order valence-corrected chi connectivity index (χ3v) is 7.52. The number of carbonyl (C=O) groups is 1. The van der Waals surface area contributed by atoms with Gasteiger partial charge in [-0.15, -0.1) is 0 Å². The molecule has 6 rings (SSSR count). The van der Waals surface area contributed by atoms with E-state index in [0.717, 1.165) is 47.3 Å². The molecule has 0 atom stereocenters. The first kappa shape index (κ1) is 14.0. The van der Waals surface area contributed by atoms with Crippen LogP contribution in [-0.4, -0.2) is 10.5 Å². The summed E-state index contributed by atoms with van der Waals surface area (Å²) in [4.78, 5) is 18.6. The minimum Gasteiger partial charge on any atom is -0.319 e. The number of carbonyl (C=O) groups excluding carboxylic acids is 1. The maximum Gasteiger partial charge on any atom is 0.254 e. The lowest BCUT2D eigenvalue weighted by Gasteiger charge is -2.55. The number of hydrogen-bond acceptors (Lipinski definition) is 2. The molecule has 1 amide bonds. The molecule has 0 aliphatic heterocycles. The van der Waals surface area contributed by atoms with Gasteiger partial charge in [0.25, 0.3) is 5.91 Å². The van der Waals surface area contributed by atoms with E-state index in [2.05, 4.69) is 21.7 Å².